The zero-order valence-corrected chi connectivity index (χ0v) is 15.8. The van der Waals surface area contributed by atoms with E-state index in [1.807, 2.05) is 18.2 Å². The highest BCUT2D eigenvalue weighted by atomic mass is 35.5. The molecule has 1 saturated heterocycles. The number of nitrogens with one attached hydrogen (secondary N) is 1. The molecule has 1 aliphatic rings. The maximum Gasteiger partial charge on any atom is 0.229 e. The number of hydrogen-bond acceptors (Lipinski definition) is 2. The van der Waals surface area contributed by atoms with Crippen LogP contribution >= 0.6 is 23.2 Å². The quantitative estimate of drug-likeness (QED) is 0.793. The number of carbonyl (C=O) groups excluding carboxylic acids is 2. The molecule has 2 aromatic rings. The summed E-state index contributed by atoms with van der Waals surface area (Å²) in [5.74, 6) is -0.469. The number of rotatable bonds is 6. The van der Waals surface area contributed by atoms with Gasteiger partial charge < -0.3 is 10.2 Å². The normalized spacial score (nSPS) is 16.8. The van der Waals surface area contributed by atoms with Crippen LogP contribution in [0.3, 0.4) is 0 Å². The summed E-state index contributed by atoms with van der Waals surface area (Å²) < 4.78 is 0. The summed E-state index contributed by atoms with van der Waals surface area (Å²) in [5, 5.41) is 3.63. The number of hydrogen-bond donors (Lipinski definition) is 1. The molecule has 1 aliphatic heterocycles. The van der Waals surface area contributed by atoms with E-state index in [1.54, 1.807) is 23.1 Å². The number of halogens is 2. The summed E-state index contributed by atoms with van der Waals surface area (Å²) in [6.45, 7) is 1.13. The highest BCUT2D eigenvalue weighted by Gasteiger charge is 2.33. The Morgan fingerprint density at radius 2 is 1.88 bits per heavy atom. The zero-order valence-electron chi connectivity index (χ0n) is 14.3. The molecule has 1 N–H and O–H groups in total. The van der Waals surface area contributed by atoms with Crippen LogP contribution in [0.15, 0.2) is 48.5 Å². The van der Waals surface area contributed by atoms with E-state index in [1.165, 1.54) is 5.56 Å². The largest absolute Gasteiger partial charge is 0.342 e. The average molecular weight is 391 g/mol. The van der Waals surface area contributed by atoms with E-state index in [-0.39, 0.29) is 24.2 Å². The lowest BCUT2D eigenvalue weighted by molar-refractivity contribution is -0.128. The van der Waals surface area contributed by atoms with Gasteiger partial charge in [0.1, 0.15) is 0 Å². The second-order valence-corrected chi connectivity index (χ2v) is 7.26. The zero-order chi connectivity index (χ0) is 18.5. The van der Waals surface area contributed by atoms with Gasteiger partial charge >= 0.3 is 0 Å². The van der Waals surface area contributed by atoms with E-state index in [4.69, 9.17) is 23.2 Å². The first kappa shape index (κ1) is 18.7. The molecule has 26 heavy (non-hydrogen) atoms. The maximum atomic E-state index is 12.4. The smallest absolute Gasteiger partial charge is 0.229 e. The molecular weight excluding hydrogens is 371 g/mol. The summed E-state index contributed by atoms with van der Waals surface area (Å²) in [5.41, 5.74) is 1.84. The second kappa shape index (κ2) is 8.56. The van der Waals surface area contributed by atoms with Gasteiger partial charge in [0.15, 0.2) is 0 Å². The molecule has 136 valence electrons. The van der Waals surface area contributed by atoms with Gasteiger partial charge in [-0.1, -0.05) is 53.5 Å². The van der Waals surface area contributed by atoms with Crippen molar-refractivity contribution in [1.29, 1.82) is 0 Å². The van der Waals surface area contributed by atoms with Crippen LogP contribution in [-0.4, -0.2) is 29.8 Å². The standard InChI is InChI=1S/C20H20Cl2N2O2/c21-17-9-8-16(12-18(17)22)23-20(26)15-11-19(25)24(13-15)10-4-7-14-5-2-1-3-6-14/h1-3,5-6,8-9,12,15H,4,7,10-11,13H2,(H,23,26). The second-order valence-electron chi connectivity index (χ2n) is 6.45. The summed E-state index contributed by atoms with van der Waals surface area (Å²) in [6.07, 6.45) is 2.06. The number of amides is 2. The number of carbonyl (C=O) groups is 2. The Balaban J connectivity index is 1.50. The van der Waals surface area contributed by atoms with Crippen molar-refractivity contribution in [2.45, 2.75) is 19.3 Å². The number of anilines is 1. The molecule has 1 heterocycles. The van der Waals surface area contributed by atoms with Crippen molar-refractivity contribution < 1.29 is 9.59 Å². The van der Waals surface area contributed by atoms with Gasteiger partial charge in [0, 0.05) is 25.2 Å². The van der Waals surface area contributed by atoms with Crippen LogP contribution in [0.25, 0.3) is 0 Å². The van der Waals surface area contributed by atoms with E-state index in [0.29, 0.717) is 28.8 Å². The first-order chi connectivity index (χ1) is 12.5. The maximum absolute atomic E-state index is 12.4. The summed E-state index contributed by atoms with van der Waals surface area (Å²) in [7, 11) is 0. The lowest BCUT2D eigenvalue weighted by atomic mass is 10.1. The van der Waals surface area contributed by atoms with Gasteiger partial charge in [0.05, 0.1) is 16.0 Å². The minimum atomic E-state index is -0.339. The van der Waals surface area contributed by atoms with Gasteiger partial charge in [-0.25, -0.2) is 0 Å². The number of nitrogens with zero attached hydrogens (tertiary/aromatic N) is 1. The fourth-order valence-electron chi connectivity index (χ4n) is 3.10. The first-order valence-electron chi connectivity index (χ1n) is 8.60. The van der Waals surface area contributed by atoms with Crippen molar-refractivity contribution in [3.63, 3.8) is 0 Å². The molecule has 4 nitrogen and oxygen atoms in total. The first-order valence-corrected chi connectivity index (χ1v) is 9.36. The van der Waals surface area contributed by atoms with Gasteiger partial charge in [-0.2, -0.15) is 0 Å². The van der Waals surface area contributed by atoms with Crippen molar-refractivity contribution in [1.82, 2.24) is 4.90 Å². The van der Waals surface area contributed by atoms with Crippen LogP contribution in [0.2, 0.25) is 10.0 Å². The predicted molar refractivity (Wildman–Crippen MR) is 105 cm³/mol. The SMILES string of the molecule is O=C(Nc1ccc(Cl)c(Cl)c1)C1CC(=O)N(CCCc2ccccc2)C1. The third-order valence-electron chi connectivity index (χ3n) is 4.51. The Labute approximate surface area is 163 Å². The minimum Gasteiger partial charge on any atom is -0.342 e. The lowest BCUT2D eigenvalue weighted by Gasteiger charge is -2.16. The van der Waals surface area contributed by atoms with E-state index < -0.39 is 0 Å². The molecule has 2 amide bonds. The van der Waals surface area contributed by atoms with Crippen LogP contribution in [0.4, 0.5) is 5.69 Å². The fourth-order valence-corrected chi connectivity index (χ4v) is 3.40. The Morgan fingerprint density at radius 1 is 1.12 bits per heavy atom. The van der Waals surface area contributed by atoms with Crippen molar-refractivity contribution >= 4 is 40.7 Å². The van der Waals surface area contributed by atoms with Gasteiger partial charge in [0.25, 0.3) is 0 Å². The Kier molecular flexibility index (Phi) is 6.17. The molecule has 1 atom stereocenters. The van der Waals surface area contributed by atoms with E-state index in [2.05, 4.69) is 17.4 Å². The molecule has 0 radical (unpaired) electrons. The van der Waals surface area contributed by atoms with Crippen LogP contribution in [0.1, 0.15) is 18.4 Å². The van der Waals surface area contributed by atoms with Crippen LogP contribution < -0.4 is 5.32 Å². The van der Waals surface area contributed by atoms with E-state index >= 15 is 0 Å². The third-order valence-corrected chi connectivity index (χ3v) is 5.25. The van der Waals surface area contributed by atoms with E-state index in [9.17, 15) is 9.59 Å². The number of aryl methyl sites for hydroxylation is 1. The Morgan fingerprint density at radius 3 is 2.62 bits per heavy atom. The minimum absolute atomic E-state index is 0.0346. The van der Waals surface area contributed by atoms with Gasteiger partial charge in [-0.05, 0) is 36.6 Å². The Hall–Kier alpha value is -2.04. The molecule has 2 aromatic carbocycles. The van der Waals surface area contributed by atoms with Crippen molar-refractivity contribution in [2.24, 2.45) is 5.92 Å². The molecule has 3 rings (SSSR count). The predicted octanol–water partition coefficient (Wildman–Crippen LogP) is 4.41. The molecule has 0 spiro atoms. The molecule has 0 saturated carbocycles. The molecule has 6 heteroatoms. The monoisotopic (exact) mass is 390 g/mol. The van der Waals surface area contributed by atoms with E-state index in [0.717, 1.165) is 12.8 Å². The molecule has 0 aromatic heterocycles. The highest BCUT2D eigenvalue weighted by Crippen LogP contribution is 2.26. The third kappa shape index (κ3) is 4.77. The summed E-state index contributed by atoms with van der Waals surface area (Å²) >= 11 is 11.8. The fraction of sp³-hybridized carbons (Fsp3) is 0.300. The topological polar surface area (TPSA) is 49.4 Å². The highest BCUT2D eigenvalue weighted by molar-refractivity contribution is 6.42. The molecular formula is C20H20Cl2N2O2. The molecule has 1 fully saturated rings. The average Bonchev–Trinajstić information content (AvgIpc) is 3.00. The van der Waals surface area contributed by atoms with Crippen molar-refractivity contribution in [3.8, 4) is 0 Å². The van der Waals surface area contributed by atoms with Gasteiger partial charge in [0.2, 0.25) is 11.8 Å². The van der Waals surface area contributed by atoms with Crippen LogP contribution in [-0.2, 0) is 16.0 Å². The molecule has 0 bridgehead atoms. The van der Waals surface area contributed by atoms with Crippen LogP contribution in [0, 0.1) is 5.92 Å². The number of likely N-dealkylation sites (tertiary alicyclic amines) is 1. The lowest BCUT2D eigenvalue weighted by Crippen LogP contribution is -2.29. The van der Waals surface area contributed by atoms with Gasteiger partial charge in [-0.15, -0.1) is 0 Å². The van der Waals surface area contributed by atoms with Crippen molar-refractivity contribution in [2.75, 3.05) is 18.4 Å². The summed E-state index contributed by atoms with van der Waals surface area (Å²) in [4.78, 5) is 26.4. The number of benzene rings is 2. The molecule has 0 aliphatic carbocycles. The summed E-state index contributed by atoms with van der Waals surface area (Å²) in [6, 6.07) is 15.1. The molecule has 1 unspecified atom stereocenters. The Bertz CT molecular complexity index is 796. The van der Waals surface area contributed by atoms with Gasteiger partial charge in [-0.3, -0.25) is 9.59 Å². The van der Waals surface area contributed by atoms with Crippen LogP contribution in [0.5, 0.6) is 0 Å². The van der Waals surface area contributed by atoms with Crippen molar-refractivity contribution in [3.05, 3.63) is 64.1 Å².